The first-order valence-corrected chi connectivity index (χ1v) is 7.01. The smallest absolute Gasteiger partial charge is 0.226 e. The van der Waals surface area contributed by atoms with Crippen molar-refractivity contribution in [3.8, 4) is 11.5 Å². The first-order chi connectivity index (χ1) is 10.2. The third-order valence-corrected chi connectivity index (χ3v) is 3.11. The maximum absolute atomic E-state index is 6.25. The second-order valence-electron chi connectivity index (χ2n) is 4.39. The van der Waals surface area contributed by atoms with Gasteiger partial charge in [-0.2, -0.15) is 4.98 Å². The van der Waals surface area contributed by atoms with Crippen LogP contribution in [0.25, 0.3) is 0 Å². The van der Waals surface area contributed by atoms with E-state index in [1.165, 1.54) is 0 Å². The molecule has 0 bridgehead atoms. The van der Waals surface area contributed by atoms with Crippen LogP contribution in [0.4, 0.5) is 0 Å². The van der Waals surface area contributed by atoms with Crippen LogP contribution >= 0.6 is 11.6 Å². The maximum atomic E-state index is 6.25. The summed E-state index contributed by atoms with van der Waals surface area (Å²) in [6.07, 6.45) is 0.690. The van der Waals surface area contributed by atoms with Crippen LogP contribution in [0, 0.1) is 0 Å². The Hall–Kier alpha value is -1.79. The van der Waals surface area contributed by atoms with Gasteiger partial charge in [-0.1, -0.05) is 23.7 Å². The average Bonchev–Trinajstić information content (AvgIpc) is 2.94. The van der Waals surface area contributed by atoms with E-state index >= 15 is 0 Å². The lowest BCUT2D eigenvalue weighted by atomic mass is 10.2. The van der Waals surface area contributed by atoms with Gasteiger partial charge < -0.3 is 19.3 Å². The van der Waals surface area contributed by atoms with Gasteiger partial charge in [-0.05, 0) is 24.7 Å². The van der Waals surface area contributed by atoms with Gasteiger partial charge in [0.1, 0.15) is 0 Å². The summed E-state index contributed by atoms with van der Waals surface area (Å²) in [5.41, 5.74) is 1.01. The van der Waals surface area contributed by atoms with Gasteiger partial charge >= 0.3 is 0 Å². The highest BCUT2D eigenvalue weighted by Gasteiger charge is 2.14. The van der Waals surface area contributed by atoms with Gasteiger partial charge in [0.05, 0.1) is 12.1 Å². The van der Waals surface area contributed by atoms with E-state index in [2.05, 4.69) is 15.5 Å². The summed E-state index contributed by atoms with van der Waals surface area (Å²) < 4.78 is 16.0. The summed E-state index contributed by atoms with van der Waals surface area (Å²) in [5, 5.41) is 7.38. The number of hydrogen-bond acceptors (Lipinski definition) is 6. The molecule has 0 fully saturated rings. The van der Waals surface area contributed by atoms with Crippen molar-refractivity contribution in [2.24, 2.45) is 0 Å². The van der Waals surface area contributed by atoms with Gasteiger partial charge in [0.25, 0.3) is 0 Å². The van der Waals surface area contributed by atoms with Crippen LogP contribution in [0.15, 0.2) is 16.7 Å². The number of aryl methyl sites for hydroxylation is 1. The lowest BCUT2D eigenvalue weighted by Crippen LogP contribution is -2.06. The van der Waals surface area contributed by atoms with E-state index in [9.17, 15) is 0 Å². The van der Waals surface area contributed by atoms with Crippen LogP contribution < -0.4 is 14.8 Å². The molecule has 1 heterocycles. The molecule has 1 N–H and O–H groups in total. The van der Waals surface area contributed by atoms with E-state index < -0.39 is 0 Å². The standard InChI is InChI=1S/C14H18ClN3O3/c1-4-13-17-12(18-21-13)8-20-14-10(15)5-9(7-16-2)6-11(14)19-3/h5-6,16H,4,7-8H2,1-3H3. The molecule has 0 aliphatic rings. The SMILES string of the molecule is CCc1nc(COc2c(Cl)cc(CNC)cc2OC)no1. The van der Waals surface area contributed by atoms with Crippen molar-refractivity contribution in [2.75, 3.05) is 14.2 Å². The molecule has 0 aliphatic carbocycles. The van der Waals surface area contributed by atoms with E-state index in [1.807, 2.05) is 26.1 Å². The highest BCUT2D eigenvalue weighted by atomic mass is 35.5. The number of benzene rings is 1. The molecule has 0 radical (unpaired) electrons. The van der Waals surface area contributed by atoms with Crippen LogP contribution in [0.3, 0.4) is 0 Å². The second-order valence-corrected chi connectivity index (χ2v) is 4.79. The van der Waals surface area contributed by atoms with Crippen LogP contribution in [0.5, 0.6) is 11.5 Å². The van der Waals surface area contributed by atoms with Crippen LogP contribution in [0.2, 0.25) is 5.02 Å². The molecule has 114 valence electrons. The third-order valence-electron chi connectivity index (χ3n) is 2.83. The maximum Gasteiger partial charge on any atom is 0.226 e. The predicted octanol–water partition coefficient (Wildman–Crippen LogP) is 2.59. The number of methoxy groups -OCH3 is 1. The summed E-state index contributed by atoms with van der Waals surface area (Å²) >= 11 is 6.25. The lowest BCUT2D eigenvalue weighted by Gasteiger charge is -2.13. The van der Waals surface area contributed by atoms with Crippen LogP contribution in [-0.2, 0) is 19.6 Å². The van der Waals surface area contributed by atoms with Crippen molar-refractivity contribution in [3.05, 3.63) is 34.4 Å². The summed E-state index contributed by atoms with van der Waals surface area (Å²) in [6, 6.07) is 3.72. The molecule has 0 spiro atoms. The molecule has 21 heavy (non-hydrogen) atoms. The molecule has 1 aromatic heterocycles. The fraction of sp³-hybridized carbons (Fsp3) is 0.429. The minimum Gasteiger partial charge on any atom is -0.493 e. The van der Waals surface area contributed by atoms with Gasteiger partial charge in [0.15, 0.2) is 18.1 Å². The molecular weight excluding hydrogens is 294 g/mol. The quantitative estimate of drug-likeness (QED) is 0.847. The zero-order chi connectivity index (χ0) is 15.2. The molecule has 1 aromatic carbocycles. The van der Waals surface area contributed by atoms with Crippen molar-refractivity contribution in [3.63, 3.8) is 0 Å². The summed E-state index contributed by atoms with van der Waals surface area (Å²) in [5.74, 6) is 2.11. The molecule has 0 amide bonds. The zero-order valence-electron chi connectivity index (χ0n) is 12.3. The van der Waals surface area contributed by atoms with E-state index in [4.69, 9.17) is 25.6 Å². The van der Waals surface area contributed by atoms with Crippen molar-refractivity contribution in [1.29, 1.82) is 0 Å². The number of aromatic nitrogens is 2. The summed E-state index contributed by atoms with van der Waals surface area (Å²) in [4.78, 5) is 4.18. The molecule has 2 rings (SSSR count). The van der Waals surface area contributed by atoms with Crippen molar-refractivity contribution in [1.82, 2.24) is 15.5 Å². The number of nitrogens with zero attached hydrogens (tertiary/aromatic N) is 2. The van der Waals surface area contributed by atoms with Gasteiger partial charge in [-0.3, -0.25) is 0 Å². The Morgan fingerprint density at radius 3 is 2.81 bits per heavy atom. The molecule has 0 saturated carbocycles. The number of ether oxygens (including phenoxy) is 2. The minimum absolute atomic E-state index is 0.172. The highest BCUT2D eigenvalue weighted by Crippen LogP contribution is 2.36. The predicted molar refractivity (Wildman–Crippen MR) is 78.8 cm³/mol. The first kappa shape index (κ1) is 15.6. The fourth-order valence-corrected chi connectivity index (χ4v) is 2.14. The largest absolute Gasteiger partial charge is 0.493 e. The molecular formula is C14H18ClN3O3. The second kappa shape index (κ2) is 7.28. The molecule has 0 unspecified atom stereocenters. The van der Waals surface area contributed by atoms with Gasteiger partial charge in [-0.25, -0.2) is 0 Å². The van der Waals surface area contributed by atoms with Crippen molar-refractivity contribution >= 4 is 11.6 Å². The molecule has 0 aliphatic heterocycles. The van der Waals surface area contributed by atoms with Crippen molar-refractivity contribution < 1.29 is 14.0 Å². The summed E-state index contributed by atoms with van der Waals surface area (Å²) in [7, 11) is 3.44. The number of halogens is 1. The van der Waals surface area contributed by atoms with E-state index in [-0.39, 0.29) is 6.61 Å². The normalized spacial score (nSPS) is 10.7. The first-order valence-electron chi connectivity index (χ1n) is 6.63. The Balaban J connectivity index is 2.14. The Kier molecular flexibility index (Phi) is 5.41. The van der Waals surface area contributed by atoms with Crippen LogP contribution in [0.1, 0.15) is 24.2 Å². The zero-order valence-corrected chi connectivity index (χ0v) is 13.0. The molecule has 2 aromatic rings. The van der Waals surface area contributed by atoms with Gasteiger partial charge in [0.2, 0.25) is 11.7 Å². The summed E-state index contributed by atoms with van der Waals surface area (Å²) in [6.45, 7) is 2.81. The van der Waals surface area contributed by atoms with Gasteiger partial charge in [0, 0.05) is 13.0 Å². The van der Waals surface area contributed by atoms with Crippen LogP contribution in [-0.4, -0.2) is 24.3 Å². The molecule has 6 nitrogen and oxygen atoms in total. The minimum atomic E-state index is 0.172. The molecule has 0 saturated heterocycles. The fourth-order valence-electron chi connectivity index (χ4n) is 1.85. The molecule has 7 heteroatoms. The monoisotopic (exact) mass is 311 g/mol. The Labute approximate surface area is 128 Å². The Morgan fingerprint density at radius 2 is 2.19 bits per heavy atom. The van der Waals surface area contributed by atoms with E-state index in [0.717, 1.165) is 5.56 Å². The topological polar surface area (TPSA) is 69.4 Å². The van der Waals surface area contributed by atoms with Gasteiger partial charge in [-0.15, -0.1) is 0 Å². The average molecular weight is 312 g/mol. The van der Waals surface area contributed by atoms with E-state index in [0.29, 0.717) is 41.2 Å². The number of rotatable bonds is 7. The van der Waals surface area contributed by atoms with Crippen molar-refractivity contribution in [2.45, 2.75) is 26.5 Å². The Bertz CT molecular complexity index is 601. The molecule has 0 atom stereocenters. The third kappa shape index (κ3) is 3.86. The lowest BCUT2D eigenvalue weighted by molar-refractivity contribution is 0.269. The van der Waals surface area contributed by atoms with E-state index in [1.54, 1.807) is 7.11 Å². The Morgan fingerprint density at radius 1 is 1.38 bits per heavy atom. The highest BCUT2D eigenvalue weighted by molar-refractivity contribution is 6.32. The number of nitrogens with one attached hydrogen (secondary N) is 1. The number of hydrogen-bond donors (Lipinski definition) is 1.